The minimum Gasteiger partial charge on any atom is -0.388 e. The van der Waals surface area contributed by atoms with E-state index in [1.54, 1.807) is 24.3 Å². The molecular formula is C14H16ClF3O. The van der Waals surface area contributed by atoms with Gasteiger partial charge in [0.2, 0.25) is 0 Å². The van der Waals surface area contributed by atoms with E-state index in [1.807, 2.05) is 0 Å². The number of rotatable bonds is 2. The molecule has 0 radical (unpaired) electrons. The SMILES string of the molecule is OC(c1ccc(Cl)cc1)C1CCC(C(F)(F)F)CC1. The summed E-state index contributed by atoms with van der Waals surface area (Å²) in [5, 5.41) is 10.8. The molecule has 1 aliphatic rings. The van der Waals surface area contributed by atoms with Crippen molar-refractivity contribution in [2.75, 3.05) is 0 Å². The number of hydrogen-bond donors (Lipinski definition) is 1. The van der Waals surface area contributed by atoms with E-state index in [0.717, 1.165) is 5.56 Å². The number of benzene rings is 1. The summed E-state index contributed by atoms with van der Waals surface area (Å²) in [6, 6.07) is 6.81. The Hall–Kier alpha value is -0.740. The van der Waals surface area contributed by atoms with Gasteiger partial charge in [0.25, 0.3) is 0 Å². The van der Waals surface area contributed by atoms with Crippen molar-refractivity contribution in [2.45, 2.75) is 38.0 Å². The maximum absolute atomic E-state index is 12.6. The minimum atomic E-state index is -4.10. The van der Waals surface area contributed by atoms with Crippen molar-refractivity contribution in [2.24, 2.45) is 11.8 Å². The number of aliphatic hydroxyl groups is 1. The molecule has 0 bridgehead atoms. The van der Waals surface area contributed by atoms with Crippen LogP contribution in [0.15, 0.2) is 24.3 Å². The molecule has 1 nitrogen and oxygen atoms in total. The number of hydrogen-bond acceptors (Lipinski definition) is 1. The average Bonchev–Trinajstić information content (AvgIpc) is 2.38. The monoisotopic (exact) mass is 292 g/mol. The molecule has 0 spiro atoms. The van der Waals surface area contributed by atoms with Gasteiger partial charge < -0.3 is 5.11 Å². The zero-order valence-electron chi connectivity index (χ0n) is 10.3. The van der Waals surface area contributed by atoms with Gasteiger partial charge in [-0.05, 0) is 49.3 Å². The molecule has 1 saturated carbocycles. The third kappa shape index (κ3) is 3.63. The highest BCUT2D eigenvalue weighted by atomic mass is 35.5. The Kier molecular flexibility index (Phi) is 4.41. The van der Waals surface area contributed by atoms with Crippen molar-refractivity contribution in [1.82, 2.24) is 0 Å². The Morgan fingerprint density at radius 1 is 1.05 bits per heavy atom. The summed E-state index contributed by atoms with van der Waals surface area (Å²) in [5.41, 5.74) is 0.722. The van der Waals surface area contributed by atoms with E-state index in [1.165, 1.54) is 0 Å². The molecular weight excluding hydrogens is 277 g/mol. The maximum atomic E-state index is 12.6. The van der Waals surface area contributed by atoms with Crippen molar-refractivity contribution in [3.63, 3.8) is 0 Å². The molecule has 0 aromatic heterocycles. The summed E-state index contributed by atoms with van der Waals surface area (Å²) in [5.74, 6) is -1.30. The quantitative estimate of drug-likeness (QED) is 0.834. The van der Waals surface area contributed by atoms with E-state index in [0.29, 0.717) is 17.9 Å². The highest BCUT2D eigenvalue weighted by molar-refractivity contribution is 6.30. The van der Waals surface area contributed by atoms with Gasteiger partial charge in [-0.2, -0.15) is 13.2 Å². The second-order valence-corrected chi connectivity index (χ2v) is 5.59. The molecule has 1 aliphatic carbocycles. The number of halogens is 4. The second kappa shape index (κ2) is 5.71. The Labute approximate surface area is 115 Å². The van der Waals surface area contributed by atoms with Crippen LogP contribution in [0.3, 0.4) is 0 Å². The van der Waals surface area contributed by atoms with E-state index in [2.05, 4.69) is 0 Å². The van der Waals surface area contributed by atoms with Crippen LogP contribution in [0.4, 0.5) is 13.2 Å². The van der Waals surface area contributed by atoms with E-state index < -0.39 is 18.2 Å². The van der Waals surface area contributed by atoms with Crippen LogP contribution in [0.25, 0.3) is 0 Å². The third-order valence-corrected chi connectivity index (χ3v) is 4.14. The largest absolute Gasteiger partial charge is 0.391 e. The van der Waals surface area contributed by atoms with Gasteiger partial charge in [0, 0.05) is 5.02 Å². The van der Waals surface area contributed by atoms with Gasteiger partial charge in [-0.25, -0.2) is 0 Å². The Morgan fingerprint density at radius 3 is 2.05 bits per heavy atom. The first-order valence-corrected chi connectivity index (χ1v) is 6.76. The molecule has 19 heavy (non-hydrogen) atoms. The van der Waals surface area contributed by atoms with Gasteiger partial charge in [-0.1, -0.05) is 23.7 Å². The van der Waals surface area contributed by atoms with Crippen molar-refractivity contribution >= 4 is 11.6 Å². The lowest BCUT2D eigenvalue weighted by molar-refractivity contribution is -0.185. The van der Waals surface area contributed by atoms with Gasteiger partial charge in [0.05, 0.1) is 12.0 Å². The zero-order valence-corrected chi connectivity index (χ0v) is 11.1. The number of alkyl halides is 3. The van der Waals surface area contributed by atoms with E-state index in [4.69, 9.17) is 11.6 Å². The normalized spacial score (nSPS) is 26.2. The van der Waals surface area contributed by atoms with Crippen molar-refractivity contribution in [1.29, 1.82) is 0 Å². The molecule has 1 aromatic rings. The van der Waals surface area contributed by atoms with Gasteiger partial charge in [0.15, 0.2) is 0 Å². The number of aliphatic hydroxyl groups excluding tert-OH is 1. The van der Waals surface area contributed by atoms with Crippen LogP contribution in [-0.2, 0) is 0 Å². The molecule has 0 heterocycles. The van der Waals surface area contributed by atoms with E-state index >= 15 is 0 Å². The summed E-state index contributed by atoms with van der Waals surface area (Å²) in [6.07, 6.45) is -3.76. The van der Waals surface area contributed by atoms with Crippen LogP contribution in [0.5, 0.6) is 0 Å². The fourth-order valence-corrected chi connectivity index (χ4v) is 2.82. The highest BCUT2D eigenvalue weighted by Crippen LogP contribution is 2.43. The molecule has 0 amide bonds. The van der Waals surface area contributed by atoms with Gasteiger partial charge in [-0.15, -0.1) is 0 Å². The second-order valence-electron chi connectivity index (χ2n) is 5.15. The molecule has 0 aliphatic heterocycles. The third-order valence-electron chi connectivity index (χ3n) is 3.89. The smallest absolute Gasteiger partial charge is 0.388 e. The molecule has 1 unspecified atom stereocenters. The molecule has 1 aromatic carbocycles. The standard InChI is InChI=1S/C14H16ClF3O/c15-12-7-3-10(4-8-12)13(19)9-1-5-11(6-2-9)14(16,17)18/h3-4,7-9,11,13,19H,1-2,5-6H2. The summed E-state index contributed by atoms with van der Waals surface area (Å²) in [7, 11) is 0. The van der Waals surface area contributed by atoms with Crippen LogP contribution in [0, 0.1) is 11.8 Å². The van der Waals surface area contributed by atoms with Crippen LogP contribution < -0.4 is 0 Å². The molecule has 106 valence electrons. The van der Waals surface area contributed by atoms with Crippen molar-refractivity contribution < 1.29 is 18.3 Å². The summed E-state index contributed by atoms with van der Waals surface area (Å²) in [6.45, 7) is 0. The van der Waals surface area contributed by atoms with Crippen LogP contribution in [-0.4, -0.2) is 11.3 Å². The Bertz CT molecular complexity index is 408. The molecule has 1 N–H and O–H groups in total. The summed E-state index contributed by atoms with van der Waals surface area (Å²) in [4.78, 5) is 0. The zero-order chi connectivity index (χ0) is 14.0. The minimum absolute atomic E-state index is 0.0974. The van der Waals surface area contributed by atoms with Crippen LogP contribution >= 0.6 is 11.6 Å². The summed E-state index contributed by atoms with van der Waals surface area (Å²) < 4.78 is 37.7. The topological polar surface area (TPSA) is 20.2 Å². The Balaban J connectivity index is 1.96. The molecule has 0 saturated heterocycles. The average molecular weight is 293 g/mol. The highest BCUT2D eigenvalue weighted by Gasteiger charge is 2.42. The first-order chi connectivity index (χ1) is 8.88. The van der Waals surface area contributed by atoms with Gasteiger partial charge in [-0.3, -0.25) is 0 Å². The molecule has 1 fully saturated rings. The predicted molar refractivity (Wildman–Crippen MR) is 67.9 cm³/mol. The van der Waals surface area contributed by atoms with Gasteiger partial charge in [0.1, 0.15) is 0 Å². The fraction of sp³-hybridized carbons (Fsp3) is 0.571. The first-order valence-electron chi connectivity index (χ1n) is 6.38. The Morgan fingerprint density at radius 2 is 1.58 bits per heavy atom. The molecule has 2 rings (SSSR count). The fourth-order valence-electron chi connectivity index (χ4n) is 2.69. The predicted octanol–water partition coefficient (Wildman–Crippen LogP) is 4.74. The molecule has 1 atom stereocenters. The van der Waals surface area contributed by atoms with Crippen LogP contribution in [0.1, 0.15) is 37.4 Å². The maximum Gasteiger partial charge on any atom is 0.391 e. The molecule has 5 heteroatoms. The van der Waals surface area contributed by atoms with Crippen molar-refractivity contribution in [3.05, 3.63) is 34.9 Å². The lowest BCUT2D eigenvalue weighted by Gasteiger charge is -2.32. The first kappa shape index (κ1) is 14.7. The van der Waals surface area contributed by atoms with Crippen molar-refractivity contribution in [3.8, 4) is 0 Å². The van der Waals surface area contributed by atoms with Gasteiger partial charge >= 0.3 is 6.18 Å². The van der Waals surface area contributed by atoms with E-state index in [-0.39, 0.29) is 18.8 Å². The van der Waals surface area contributed by atoms with Crippen LogP contribution in [0.2, 0.25) is 5.02 Å². The lowest BCUT2D eigenvalue weighted by atomic mass is 9.77. The van der Waals surface area contributed by atoms with E-state index in [9.17, 15) is 18.3 Å². The summed E-state index contributed by atoms with van der Waals surface area (Å²) >= 11 is 5.76. The lowest BCUT2D eigenvalue weighted by Crippen LogP contribution is -2.29.